The molecule has 1 aliphatic rings. The quantitative estimate of drug-likeness (QED) is 0.594. The molecule has 0 bridgehead atoms. The number of ether oxygens (including phenoxy) is 1. The summed E-state index contributed by atoms with van der Waals surface area (Å²) in [5.74, 6) is -0.0616. The first-order chi connectivity index (χ1) is 16.9. The van der Waals surface area contributed by atoms with Gasteiger partial charge in [0.2, 0.25) is 0 Å². The van der Waals surface area contributed by atoms with Gasteiger partial charge in [-0.15, -0.1) is 11.3 Å². The van der Waals surface area contributed by atoms with E-state index < -0.39 is 17.3 Å². The van der Waals surface area contributed by atoms with Crippen LogP contribution in [-0.4, -0.2) is 23.6 Å². The summed E-state index contributed by atoms with van der Waals surface area (Å²) in [7, 11) is 1.54. The van der Waals surface area contributed by atoms with E-state index in [0.717, 1.165) is 37.0 Å². The molecule has 0 saturated heterocycles. The molecule has 4 rings (SSSR count). The number of methoxy groups -OCH3 is 1. The first-order valence-corrected chi connectivity index (χ1v) is 12.3. The molecular formula is C27H26FN3O3S. The lowest BCUT2D eigenvalue weighted by molar-refractivity contribution is -0.116. The van der Waals surface area contributed by atoms with E-state index in [1.54, 1.807) is 19.3 Å². The Morgan fingerprint density at radius 3 is 2.60 bits per heavy atom. The van der Waals surface area contributed by atoms with E-state index in [9.17, 15) is 19.2 Å². The summed E-state index contributed by atoms with van der Waals surface area (Å²) in [5.41, 5.74) is 0.502. The van der Waals surface area contributed by atoms with Gasteiger partial charge in [-0.1, -0.05) is 38.0 Å². The molecule has 180 valence electrons. The number of nitrogens with zero attached hydrogens (tertiary/aromatic N) is 2. The molecule has 1 saturated carbocycles. The predicted octanol–water partition coefficient (Wildman–Crippen LogP) is 3.24. The normalized spacial score (nSPS) is 19.1. The summed E-state index contributed by atoms with van der Waals surface area (Å²) in [5, 5.41) is 13.0. The third-order valence-electron chi connectivity index (χ3n) is 6.31. The first kappa shape index (κ1) is 24.4. The Morgan fingerprint density at radius 1 is 1.20 bits per heavy atom. The summed E-state index contributed by atoms with van der Waals surface area (Å²) in [6.45, 7) is 2.09. The highest BCUT2D eigenvalue weighted by atomic mass is 32.1. The molecule has 0 spiro atoms. The van der Waals surface area contributed by atoms with Crippen molar-refractivity contribution in [1.82, 2.24) is 9.88 Å². The summed E-state index contributed by atoms with van der Waals surface area (Å²) in [6, 6.07) is 14.6. The van der Waals surface area contributed by atoms with Gasteiger partial charge in [0.05, 0.1) is 17.3 Å². The number of benzene rings is 2. The molecule has 2 unspecified atom stereocenters. The maximum absolute atomic E-state index is 13.6. The molecule has 1 fully saturated rings. The summed E-state index contributed by atoms with van der Waals surface area (Å²) in [6.07, 6.45) is 5.69. The largest absolute Gasteiger partial charge is 0.496 e. The molecule has 2 aromatic carbocycles. The number of carbonyl (C=O) groups excluding carboxylic acids is 1. The van der Waals surface area contributed by atoms with Gasteiger partial charge in [-0.3, -0.25) is 14.2 Å². The van der Waals surface area contributed by atoms with Gasteiger partial charge < -0.3 is 10.1 Å². The van der Waals surface area contributed by atoms with Crippen LogP contribution in [0, 0.1) is 23.1 Å². The van der Waals surface area contributed by atoms with E-state index in [4.69, 9.17) is 4.74 Å². The van der Waals surface area contributed by atoms with Crippen LogP contribution >= 0.6 is 11.3 Å². The highest BCUT2D eigenvalue weighted by Gasteiger charge is 2.25. The minimum Gasteiger partial charge on any atom is -0.496 e. The van der Waals surface area contributed by atoms with Crippen molar-refractivity contribution in [1.29, 1.82) is 5.26 Å². The number of halogens is 1. The minimum atomic E-state index is -0.507. The molecule has 6 nitrogen and oxygen atoms in total. The van der Waals surface area contributed by atoms with Gasteiger partial charge in [0.25, 0.3) is 11.5 Å². The molecular weight excluding hydrogens is 465 g/mol. The lowest BCUT2D eigenvalue weighted by Gasteiger charge is -2.29. The number of rotatable bonds is 5. The lowest BCUT2D eigenvalue weighted by atomic mass is 9.86. The number of nitriles is 1. The maximum Gasteiger partial charge on any atom is 0.273 e. The number of aromatic nitrogens is 1. The standard InChI is InChI=1S/C27H26FN3O3S/c1-17-7-3-5-9-22(17)30-25(32)21(16-29)27-31(20-13-11-19(28)12-14-20)26(33)24(35-27)15-18-8-4-6-10-23(18)34-2/h4,6,8,10-15,17,22H,3,5,7,9H2,1-2H3,(H,30,32)/b24-15+,27-21-. The summed E-state index contributed by atoms with van der Waals surface area (Å²) >= 11 is 1.05. The van der Waals surface area contributed by atoms with E-state index in [1.807, 2.05) is 24.3 Å². The van der Waals surface area contributed by atoms with Gasteiger partial charge >= 0.3 is 0 Å². The van der Waals surface area contributed by atoms with Crippen LogP contribution < -0.4 is 24.8 Å². The van der Waals surface area contributed by atoms with E-state index in [0.29, 0.717) is 27.5 Å². The minimum absolute atomic E-state index is 0.0230. The molecule has 0 aliphatic heterocycles. The second-order valence-electron chi connectivity index (χ2n) is 8.60. The van der Waals surface area contributed by atoms with Crippen molar-refractivity contribution >= 4 is 28.9 Å². The van der Waals surface area contributed by atoms with Gasteiger partial charge in [0, 0.05) is 11.6 Å². The van der Waals surface area contributed by atoms with Gasteiger partial charge in [0.15, 0.2) is 5.57 Å². The number of para-hydroxylation sites is 1. The molecule has 0 radical (unpaired) electrons. The number of carbonyl (C=O) groups is 1. The third kappa shape index (κ3) is 5.20. The van der Waals surface area contributed by atoms with Gasteiger partial charge in [-0.05, 0) is 55.2 Å². The lowest BCUT2D eigenvalue weighted by Crippen LogP contribution is -2.42. The fourth-order valence-corrected chi connectivity index (χ4v) is 5.46. The van der Waals surface area contributed by atoms with Crippen molar-refractivity contribution in [3.05, 3.63) is 79.5 Å². The average Bonchev–Trinajstić information content (AvgIpc) is 3.17. The Balaban J connectivity index is 1.93. The first-order valence-electron chi connectivity index (χ1n) is 11.5. The van der Waals surface area contributed by atoms with Crippen LogP contribution in [-0.2, 0) is 4.79 Å². The molecule has 3 aromatic rings. The number of amides is 1. The van der Waals surface area contributed by atoms with E-state index in [-0.39, 0.29) is 16.3 Å². The highest BCUT2D eigenvalue weighted by Crippen LogP contribution is 2.24. The van der Waals surface area contributed by atoms with Crippen LogP contribution in [0.1, 0.15) is 38.2 Å². The molecule has 1 N–H and O–H groups in total. The van der Waals surface area contributed by atoms with Crippen LogP contribution in [0.2, 0.25) is 0 Å². The molecule has 1 amide bonds. The fraction of sp³-hybridized carbons (Fsp3) is 0.296. The van der Waals surface area contributed by atoms with Crippen LogP contribution in [0.15, 0.2) is 53.3 Å². The Morgan fingerprint density at radius 2 is 1.91 bits per heavy atom. The Bertz CT molecular complexity index is 1450. The van der Waals surface area contributed by atoms with Crippen molar-refractivity contribution in [3.8, 4) is 17.5 Å². The second-order valence-corrected chi connectivity index (χ2v) is 9.63. The second kappa shape index (κ2) is 10.7. The van der Waals surface area contributed by atoms with Crippen molar-refractivity contribution in [2.45, 2.75) is 38.6 Å². The fourth-order valence-electron chi connectivity index (χ4n) is 4.37. The van der Waals surface area contributed by atoms with E-state index in [2.05, 4.69) is 12.2 Å². The van der Waals surface area contributed by atoms with Crippen LogP contribution in [0.3, 0.4) is 0 Å². The molecule has 1 aliphatic carbocycles. The topological polar surface area (TPSA) is 84.1 Å². The number of thiazole rings is 1. The van der Waals surface area contributed by atoms with Gasteiger partial charge in [-0.25, -0.2) is 4.39 Å². The van der Waals surface area contributed by atoms with Gasteiger partial charge in [-0.2, -0.15) is 5.26 Å². The number of hydrogen-bond donors (Lipinski definition) is 1. The molecule has 1 heterocycles. The zero-order chi connectivity index (χ0) is 24.9. The maximum atomic E-state index is 13.6. The van der Waals surface area contributed by atoms with Crippen LogP contribution in [0.25, 0.3) is 17.3 Å². The van der Waals surface area contributed by atoms with Crippen molar-refractivity contribution in [2.75, 3.05) is 7.11 Å². The van der Waals surface area contributed by atoms with Crippen molar-refractivity contribution in [3.63, 3.8) is 0 Å². The third-order valence-corrected chi connectivity index (χ3v) is 7.41. The Kier molecular flexibility index (Phi) is 7.47. The van der Waals surface area contributed by atoms with Crippen LogP contribution in [0.4, 0.5) is 4.39 Å². The van der Waals surface area contributed by atoms with Crippen molar-refractivity contribution in [2.24, 2.45) is 5.92 Å². The van der Waals surface area contributed by atoms with E-state index >= 15 is 0 Å². The smallest absolute Gasteiger partial charge is 0.273 e. The van der Waals surface area contributed by atoms with E-state index in [1.165, 1.54) is 28.8 Å². The zero-order valence-electron chi connectivity index (χ0n) is 19.6. The number of nitrogens with one attached hydrogen (secondary N) is 1. The monoisotopic (exact) mass is 491 g/mol. The molecule has 2 atom stereocenters. The van der Waals surface area contributed by atoms with Gasteiger partial charge in [0.1, 0.15) is 22.3 Å². The number of hydrogen-bond acceptors (Lipinski definition) is 5. The Labute approximate surface area is 206 Å². The Hall–Kier alpha value is -3.70. The molecule has 1 aromatic heterocycles. The predicted molar refractivity (Wildman–Crippen MR) is 134 cm³/mol. The molecule has 8 heteroatoms. The van der Waals surface area contributed by atoms with Crippen LogP contribution in [0.5, 0.6) is 5.75 Å². The average molecular weight is 492 g/mol. The van der Waals surface area contributed by atoms with Crippen molar-refractivity contribution < 1.29 is 13.9 Å². The molecule has 35 heavy (non-hydrogen) atoms. The SMILES string of the molecule is COc1ccccc1/C=c1/s/c(=C(/C#N)C(=O)NC2CCCCC2C)n(-c2ccc(F)cc2)c1=O. The summed E-state index contributed by atoms with van der Waals surface area (Å²) < 4.78 is 20.8. The summed E-state index contributed by atoms with van der Waals surface area (Å²) in [4.78, 5) is 26.8. The zero-order valence-corrected chi connectivity index (χ0v) is 20.4. The highest BCUT2D eigenvalue weighted by molar-refractivity contribution is 7.07.